The first-order valence-electron chi connectivity index (χ1n) is 4.70. The molecular weight excluding hydrogens is 296 g/mol. The van der Waals surface area contributed by atoms with Gasteiger partial charge in [-0.2, -0.15) is 8.42 Å². The fraction of sp³-hybridized carbons (Fsp3) is 0.400. The average molecular weight is 307 g/mol. The fourth-order valence-corrected chi connectivity index (χ4v) is 2.35. The number of ether oxygens (including phenoxy) is 1. The minimum Gasteiger partial charge on any atom is -0.367 e. The van der Waals surface area contributed by atoms with Crippen LogP contribution in [-0.4, -0.2) is 27.2 Å². The minimum absolute atomic E-state index is 0.0609. The molecule has 0 radical (unpaired) electrons. The van der Waals surface area contributed by atoms with E-state index in [0.29, 0.717) is 6.61 Å². The van der Waals surface area contributed by atoms with E-state index in [1.165, 1.54) is 12.1 Å². The standard InChI is InChI=1S/C10H11BrO4S/c1-10(6-14-10)7-15-16(12,13)9-4-2-8(11)3-5-9/h2-5H,6-7H2,1H3/t10-/m0/s1. The molecule has 88 valence electrons. The zero-order chi connectivity index (χ0) is 11.8. The second-order valence-electron chi connectivity index (χ2n) is 3.91. The first-order valence-corrected chi connectivity index (χ1v) is 6.90. The van der Waals surface area contributed by atoms with E-state index in [4.69, 9.17) is 8.92 Å². The third-order valence-corrected chi connectivity index (χ3v) is 4.07. The molecule has 1 aliphatic heterocycles. The molecule has 0 bridgehead atoms. The lowest BCUT2D eigenvalue weighted by atomic mass is 10.2. The smallest absolute Gasteiger partial charge is 0.297 e. The second-order valence-corrected chi connectivity index (χ2v) is 6.44. The van der Waals surface area contributed by atoms with Crippen LogP contribution in [0.3, 0.4) is 0 Å². The first kappa shape index (κ1) is 12.0. The molecular formula is C10H11BrO4S. The Labute approximate surface area is 103 Å². The summed E-state index contributed by atoms with van der Waals surface area (Å²) in [6.45, 7) is 2.42. The highest BCUT2D eigenvalue weighted by Crippen LogP contribution is 2.27. The molecule has 0 aliphatic carbocycles. The summed E-state index contributed by atoms with van der Waals surface area (Å²) < 4.78 is 34.2. The fourth-order valence-electron chi connectivity index (χ4n) is 1.08. The lowest BCUT2D eigenvalue weighted by molar-refractivity contribution is 0.207. The molecule has 6 heteroatoms. The molecule has 0 aromatic heterocycles. The molecule has 1 saturated heterocycles. The van der Waals surface area contributed by atoms with Crippen LogP contribution in [0.2, 0.25) is 0 Å². The van der Waals surface area contributed by atoms with Crippen molar-refractivity contribution in [2.45, 2.75) is 17.4 Å². The summed E-state index contributed by atoms with van der Waals surface area (Å²) in [6.07, 6.45) is 0. The summed E-state index contributed by atoms with van der Waals surface area (Å²) >= 11 is 3.24. The van der Waals surface area contributed by atoms with E-state index in [0.717, 1.165) is 4.47 Å². The van der Waals surface area contributed by atoms with Crippen molar-refractivity contribution in [3.8, 4) is 0 Å². The van der Waals surface area contributed by atoms with Crippen LogP contribution in [0.15, 0.2) is 33.6 Å². The van der Waals surface area contributed by atoms with Gasteiger partial charge in [0.2, 0.25) is 0 Å². The van der Waals surface area contributed by atoms with Gasteiger partial charge in [0.1, 0.15) is 5.60 Å². The van der Waals surface area contributed by atoms with Crippen LogP contribution < -0.4 is 0 Å². The Balaban J connectivity index is 2.09. The van der Waals surface area contributed by atoms with E-state index in [1.54, 1.807) is 12.1 Å². The van der Waals surface area contributed by atoms with Crippen LogP contribution in [0.4, 0.5) is 0 Å². The third kappa shape index (κ3) is 2.82. The molecule has 0 amide bonds. The topological polar surface area (TPSA) is 55.9 Å². The number of hydrogen-bond acceptors (Lipinski definition) is 4. The summed E-state index contributed by atoms with van der Waals surface area (Å²) in [5.74, 6) is 0. The minimum atomic E-state index is -3.67. The van der Waals surface area contributed by atoms with Crippen molar-refractivity contribution in [3.05, 3.63) is 28.7 Å². The maximum Gasteiger partial charge on any atom is 0.297 e. The summed E-state index contributed by atoms with van der Waals surface area (Å²) in [5, 5.41) is 0. The lowest BCUT2D eigenvalue weighted by Gasteiger charge is -2.07. The number of rotatable bonds is 4. The van der Waals surface area contributed by atoms with Gasteiger partial charge in [0, 0.05) is 4.47 Å². The van der Waals surface area contributed by atoms with Crippen LogP contribution >= 0.6 is 15.9 Å². The highest BCUT2D eigenvalue weighted by Gasteiger charge is 2.41. The normalized spacial score (nSPS) is 24.4. The Hall–Kier alpha value is -0.430. The van der Waals surface area contributed by atoms with E-state index in [-0.39, 0.29) is 11.5 Å². The summed E-state index contributed by atoms with van der Waals surface area (Å²) in [6, 6.07) is 6.31. The van der Waals surface area contributed by atoms with Crippen molar-refractivity contribution in [2.24, 2.45) is 0 Å². The van der Waals surface area contributed by atoms with Crippen LogP contribution in [0.1, 0.15) is 6.92 Å². The van der Waals surface area contributed by atoms with Crippen molar-refractivity contribution in [1.29, 1.82) is 0 Å². The predicted octanol–water partition coefficient (Wildman–Crippen LogP) is 1.94. The second kappa shape index (κ2) is 4.10. The Morgan fingerprint density at radius 3 is 2.50 bits per heavy atom. The zero-order valence-corrected chi connectivity index (χ0v) is 11.0. The van der Waals surface area contributed by atoms with Crippen molar-refractivity contribution in [1.82, 2.24) is 0 Å². The molecule has 16 heavy (non-hydrogen) atoms. The van der Waals surface area contributed by atoms with Gasteiger partial charge >= 0.3 is 0 Å². The van der Waals surface area contributed by atoms with Crippen LogP contribution in [0, 0.1) is 0 Å². The van der Waals surface area contributed by atoms with Gasteiger partial charge in [-0.05, 0) is 31.2 Å². The molecule has 0 N–H and O–H groups in total. The Bertz CT molecular complexity index is 476. The van der Waals surface area contributed by atoms with Gasteiger partial charge < -0.3 is 4.74 Å². The molecule has 1 fully saturated rings. The molecule has 2 rings (SSSR count). The van der Waals surface area contributed by atoms with Gasteiger partial charge in [-0.3, -0.25) is 4.18 Å². The number of benzene rings is 1. The third-order valence-electron chi connectivity index (χ3n) is 2.26. The Morgan fingerprint density at radius 2 is 2.00 bits per heavy atom. The maximum atomic E-state index is 11.7. The van der Waals surface area contributed by atoms with Crippen LogP contribution in [-0.2, 0) is 19.0 Å². The van der Waals surface area contributed by atoms with Crippen molar-refractivity contribution >= 4 is 26.0 Å². The van der Waals surface area contributed by atoms with Gasteiger partial charge in [-0.15, -0.1) is 0 Å². The molecule has 4 nitrogen and oxygen atoms in total. The van der Waals surface area contributed by atoms with Crippen LogP contribution in [0.5, 0.6) is 0 Å². The Kier molecular flexibility index (Phi) is 3.09. The molecule has 1 atom stereocenters. The molecule has 1 aromatic rings. The van der Waals surface area contributed by atoms with Crippen molar-refractivity contribution in [3.63, 3.8) is 0 Å². The van der Waals surface area contributed by atoms with Gasteiger partial charge in [0.15, 0.2) is 0 Å². The van der Waals surface area contributed by atoms with Gasteiger partial charge in [0.25, 0.3) is 10.1 Å². The van der Waals surface area contributed by atoms with E-state index < -0.39 is 15.7 Å². The largest absolute Gasteiger partial charge is 0.367 e. The summed E-state index contributed by atoms with van der Waals surface area (Å²) in [5.41, 5.74) is -0.428. The van der Waals surface area contributed by atoms with Gasteiger partial charge in [0.05, 0.1) is 18.1 Å². The number of halogens is 1. The monoisotopic (exact) mass is 306 g/mol. The highest BCUT2D eigenvalue weighted by molar-refractivity contribution is 9.10. The van der Waals surface area contributed by atoms with Crippen molar-refractivity contribution < 1.29 is 17.3 Å². The average Bonchev–Trinajstić information content (AvgIpc) is 2.96. The maximum absolute atomic E-state index is 11.7. The number of epoxide rings is 1. The molecule has 0 unspecified atom stereocenters. The molecule has 0 spiro atoms. The SMILES string of the molecule is C[C@@]1(COS(=O)(=O)c2ccc(Br)cc2)CO1. The van der Waals surface area contributed by atoms with E-state index in [2.05, 4.69) is 15.9 Å². The molecule has 1 aromatic carbocycles. The first-order chi connectivity index (χ1) is 7.41. The van der Waals surface area contributed by atoms with Crippen molar-refractivity contribution in [2.75, 3.05) is 13.2 Å². The molecule has 0 saturated carbocycles. The van der Waals surface area contributed by atoms with E-state index >= 15 is 0 Å². The lowest BCUT2D eigenvalue weighted by Crippen LogP contribution is -2.18. The van der Waals surface area contributed by atoms with Gasteiger partial charge in [-0.1, -0.05) is 15.9 Å². The number of hydrogen-bond donors (Lipinski definition) is 0. The predicted molar refractivity (Wildman–Crippen MR) is 61.6 cm³/mol. The van der Waals surface area contributed by atoms with Gasteiger partial charge in [-0.25, -0.2) is 0 Å². The van der Waals surface area contributed by atoms with Crippen LogP contribution in [0.25, 0.3) is 0 Å². The molecule has 1 heterocycles. The molecule has 1 aliphatic rings. The summed E-state index contributed by atoms with van der Waals surface area (Å²) in [7, 11) is -3.67. The zero-order valence-electron chi connectivity index (χ0n) is 8.64. The quantitative estimate of drug-likeness (QED) is 0.630. The summed E-state index contributed by atoms with van der Waals surface area (Å²) in [4.78, 5) is 0.153. The highest BCUT2D eigenvalue weighted by atomic mass is 79.9. The Morgan fingerprint density at radius 1 is 1.44 bits per heavy atom. The van der Waals surface area contributed by atoms with E-state index in [1.807, 2.05) is 6.92 Å². The van der Waals surface area contributed by atoms with E-state index in [9.17, 15) is 8.42 Å².